The number of aldehydes is 1. The van der Waals surface area contributed by atoms with Crippen LogP contribution in [-0.4, -0.2) is 25.4 Å². The predicted octanol–water partition coefficient (Wildman–Crippen LogP) is 1.99. The summed E-state index contributed by atoms with van der Waals surface area (Å²) in [6.45, 7) is 5.78. The zero-order chi connectivity index (χ0) is 10.9. The lowest BCUT2D eigenvalue weighted by molar-refractivity contribution is -0.111. The molecule has 0 saturated carbocycles. The summed E-state index contributed by atoms with van der Waals surface area (Å²) in [6.07, 6.45) is 0.979. The summed E-state index contributed by atoms with van der Waals surface area (Å²) >= 11 is 1.58. The Bertz CT molecular complexity index is 342. The van der Waals surface area contributed by atoms with Gasteiger partial charge in [-0.25, -0.2) is 4.98 Å². The van der Waals surface area contributed by atoms with Gasteiger partial charge in [0.2, 0.25) is 0 Å². The SMILES string of the molecule is Cc1nc(N(C)C)sc1C(C)(C)C=O. The van der Waals surface area contributed by atoms with Crippen LogP contribution >= 0.6 is 11.3 Å². The van der Waals surface area contributed by atoms with Gasteiger partial charge in [0.05, 0.1) is 11.1 Å². The number of nitrogens with zero attached hydrogens (tertiary/aromatic N) is 2. The van der Waals surface area contributed by atoms with Crippen LogP contribution in [0.2, 0.25) is 0 Å². The van der Waals surface area contributed by atoms with Crippen molar-refractivity contribution in [2.45, 2.75) is 26.2 Å². The first-order valence-corrected chi connectivity index (χ1v) is 5.31. The van der Waals surface area contributed by atoms with Crippen LogP contribution in [0.4, 0.5) is 5.13 Å². The molecule has 14 heavy (non-hydrogen) atoms. The van der Waals surface area contributed by atoms with E-state index in [4.69, 9.17) is 0 Å². The van der Waals surface area contributed by atoms with Gasteiger partial charge in [0.25, 0.3) is 0 Å². The van der Waals surface area contributed by atoms with Crippen LogP contribution < -0.4 is 4.90 Å². The third-order valence-electron chi connectivity index (χ3n) is 2.05. The van der Waals surface area contributed by atoms with E-state index in [1.165, 1.54) is 0 Å². The maximum absolute atomic E-state index is 10.9. The van der Waals surface area contributed by atoms with Crippen molar-refractivity contribution in [1.82, 2.24) is 4.98 Å². The Morgan fingerprint density at radius 1 is 1.43 bits per heavy atom. The molecule has 4 heteroatoms. The average Bonchev–Trinajstić information content (AvgIpc) is 2.48. The fourth-order valence-corrected chi connectivity index (χ4v) is 2.28. The molecule has 1 rings (SSSR count). The molecule has 0 unspecified atom stereocenters. The largest absolute Gasteiger partial charge is 0.354 e. The van der Waals surface area contributed by atoms with E-state index < -0.39 is 5.41 Å². The van der Waals surface area contributed by atoms with Crippen molar-refractivity contribution in [1.29, 1.82) is 0 Å². The van der Waals surface area contributed by atoms with E-state index in [0.29, 0.717) is 0 Å². The lowest BCUT2D eigenvalue weighted by Crippen LogP contribution is -2.18. The monoisotopic (exact) mass is 212 g/mol. The van der Waals surface area contributed by atoms with Gasteiger partial charge in [0, 0.05) is 19.0 Å². The Morgan fingerprint density at radius 2 is 2.00 bits per heavy atom. The second kappa shape index (κ2) is 3.69. The second-order valence-electron chi connectivity index (χ2n) is 4.14. The number of aryl methyl sites for hydroxylation is 1. The number of carbonyl (C=O) groups excluding carboxylic acids is 1. The highest BCUT2D eigenvalue weighted by molar-refractivity contribution is 7.16. The summed E-state index contributed by atoms with van der Waals surface area (Å²) in [5.74, 6) is 0. The van der Waals surface area contributed by atoms with Crippen LogP contribution in [0.25, 0.3) is 0 Å². The van der Waals surface area contributed by atoms with E-state index >= 15 is 0 Å². The maximum Gasteiger partial charge on any atom is 0.185 e. The zero-order valence-corrected chi connectivity index (χ0v) is 10.1. The predicted molar refractivity (Wildman–Crippen MR) is 60.3 cm³/mol. The zero-order valence-electron chi connectivity index (χ0n) is 9.29. The first kappa shape index (κ1) is 11.2. The number of hydrogen-bond acceptors (Lipinski definition) is 4. The molecule has 0 amide bonds. The summed E-state index contributed by atoms with van der Waals surface area (Å²) in [6, 6.07) is 0. The molecule has 1 aromatic heterocycles. The van der Waals surface area contributed by atoms with E-state index in [0.717, 1.165) is 22.0 Å². The molecule has 1 aromatic rings. The van der Waals surface area contributed by atoms with Crippen molar-refractivity contribution < 1.29 is 4.79 Å². The molecule has 0 radical (unpaired) electrons. The van der Waals surface area contributed by atoms with Gasteiger partial charge in [0.15, 0.2) is 5.13 Å². The van der Waals surface area contributed by atoms with E-state index in [1.54, 1.807) is 11.3 Å². The number of anilines is 1. The molecule has 0 aliphatic heterocycles. The molecule has 3 nitrogen and oxygen atoms in total. The quantitative estimate of drug-likeness (QED) is 0.718. The maximum atomic E-state index is 10.9. The molecule has 0 atom stereocenters. The summed E-state index contributed by atoms with van der Waals surface area (Å²) in [7, 11) is 3.91. The molecular formula is C10H16N2OS. The van der Waals surface area contributed by atoms with Gasteiger partial charge in [-0.2, -0.15) is 0 Å². The van der Waals surface area contributed by atoms with Gasteiger partial charge >= 0.3 is 0 Å². The normalized spacial score (nSPS) is 11.5. The minimum absolute atomic E-state index is 0.421. The minimum atomic E-state index is -0.421. The number of carbonyl (C=O) groups is 1. The molecule has 0 aromatic carbocycles. The minimum Gasteiger partial charge on any atom is -0.354 e. The third kappa shape index (κ3) is 1.95. The number of aromatic nitrogens is 1. The fraction of sp³-hybridized carbons (Fsp3) is 0.600. The molecule has 78 valence electrons. The van der Waals surface area contributed by atoms with Crippen molar-refractivity contribution in [2.75, 3.05) is 19.0 Å². The van der Waals surface area contributed by atoms with Crippen molar-refractivity contribution in [3.63, 3.8) is 0 Å². The Balaban J connectivity index is 3.16. The molecule has 0 fully saturated rings. The van der Waals surface area contributed by atoms with Crippen molar-refractivity contribution in [2.24, 2.45) is 0 Å². The van der Waals surface area contributed by atoms with Crippen LogP contribution in [0.15, 0.2) is 0 Å². The number of thiazole rings is 1. The molecule has 0 aliphatic rings. The highest BCUT2D eigenvalue weighted by Crippen LogP contribution is 2.33. The Labute approximate surface area is 88.8 Å². The van der Waals surface area contributed by atoms with Crippen LogP contribution in [0, 0.1) is 6.92 Å². The molecule has 0 spiro atoms. The Hall–Kier alpha value is -0.900. The van der Waals surface area contributed by atoms with Crippen LogP contribution in [-0.2, 0) is 10.2 Å². The van der Waals surface area contributed by atoms with Crippen molar-refractivity contribution in [3.05, 3.63) is 10.6 Å². The first-order chi connectivity index (χ1) is 6.38. The average molecular weight is 212 g/mol. The van der Waals surface area contributed by atoms with E-state index in [2.05, 4.69) is 4.98 Å². The van der Waals surface area contributed by atoms with Crippen molar-refractivity contribution in [3.8, 4) is 0 Å². The van der Waals surface area contributed by atoms with Gasteiger partial charge in [-0.15, -0.1) is 11.3 Å². The van der Waals surface area contributed by atoms with Gasteiger partial charge in [-0.3, -0.25) is 0 Å². The molecule has 0 N–H and O–H groups in total. The van der Waals surface area contributed by atoms with Crippen LogP contribution in [0.3, 0.4) is 0 Å². The molecule has 0 bridgehead atoms. The van der Waals surface area contributed by atoms with E-state index in [9.17, 15) is 4.79 Å². The van der Waals surface area contributed by atoms with Gasteiger partial charge in [-0.1, -0.05) is 0 Å². The standard InChI is InChI=1S/C10H16N2OS/c1-7-8(10(2,3)6-13)14-9(11-7)12(4)5/h6H,1-5H3. The van der Waals surface area contributed by atoms with E-state index in [1.807, 2.05) is 39.8 Å². The van der Waals surface area contributed by atoms with Crippen molar-refractivity contribution >= 4 is 22.8 Å². The van der Waals surface area contributed by atoms with Gasteiger partial charge < -0.3 is 9.69 Å². The number of hydrogen-bond donors (Lipinski definition) is 0. The topological polar surface area (TPSA) is 33.2 Å². The van der Waals surface area contributed by atoms with Gasteiger partial charge in [-0.05, 0) is 20.8 Å². The Morgan fingerprint density at radius 3 is 2.36 bits per heavy atom. The summed E-state index contributed by atoms with van der Waals surface area (Å²) < 4.78 is 0. The lowest BCUT2D eigenvalue weighted by atomic mass is 9.93. The lowest BCUT2D eigenvalue weighted by Gasteiger charge is -2.14. The highest BCUT2D eigenvalue weighted by atomic mass is 32.1. The van der Waals surface area contributed by atoms with E-state index in [-0.39, 0.29) is 0 Å². The third-order valence-corrected chi connectivity index (χ3v) is 3.71. The first-order valence-electron chi connectivity index (χ1n) is 4.50. The second-order valence-corrected chi connectivity index (χ2v) is 5.12. The fourth-order valence-electron chi connectivity index (χ4n) is 1.22. The van der Waals surface area contributed by atoms with Crippen LogP contribution in [0.1, 0.15) is 24.4 Å². The molecule has 0 aliphatic carbocycles. The highest BCUT2D eigenvalue weighted by Gasteiger charge is 2.25. The Kier molecular flexibility index (Phi) is 2.95. The summed E-state index contributed by atoms with van der Waals surface area (Å²) in [4.78, 5) is 18.3. The number of rotatable bonds is 3. The molecule has 0 saturated heterocycles. The molecule has 1 heterocycles. The summed E-state index contributed by atoms with van der Waals surface area (Å²) in [5.41, 5.74) is 0.534. The van der Waals surface area contributed by atoms with Crippen LogP contribution in [0.5, 0.6) is 0 Å². The smallest absolute Gasteiger partial charge is 0.185 e. The molecular weight excluding hydrogens is 196 g/mol. The summed E-state index contributed by atoms with van der Waals surface area (Å²) in [5, 5.41) is 0.951. The van der Waals surface area contributed by atoms with Gasteiger partial charge in [0.1, 0.15) is 6.29 Å².